The van der Waals surface area contributed by atoms with Crippen molar-refractivity contribution in [1.29, 1.82) is 0 Å². The Labute approximate surface area is 62.4 Å². The number of hydrogen-bond donors (Lipinski definition) is 3. The van der Waals surface area contributed by atoms with Crippen molar-refractivity contribution in [3.63, 3.8) is 0 Å². The smallest absolute Gasteiger partial charge is 0.0859 e. The van der Waals surface area contributed by atoms with Crippen LogP contribution in [0.5, 0.6) is 0 Å². The highest BCUT2D eigenvalue weighted by atomic mass is 31.1. The summed E-state index contributed by atoms with van der Waals surface area (Å²) in [5, 5.41) is 26.4. The molecule has 0 saturated carbocycles. The summed E-state index contributed by atoms with van der Waals surface area (Å²) in [6.45, 7) is 3.64. The monoisotopic (exact) mass is 166 g/mol. The summed E-state index contributed by atoms with van der Waals surface area (Å²) < 4.78 is 0. The van der Waals surface area contributed by atoms with E-state index in [1.54, 1.807) is 0 Å². The minimum absolute atomic E-state index is 0.0412. The number of hydrogen-bond acceptors (Lipinski definition) is 3. The molecule has 0 aliphatic carbocycles. The summed E-state index contributed by atoms with van der Waals surface area (Å²) in [4.78, 5) is 0. The molecule has 0 aromatic carbocycles. The molecular weight excluding hydrogens is 151 g/mol. The molecule has 2 atom stereocenters. The predicted octanol–water partition coefficient (Wildman–Crippen LogP) is -0.558. The van der Waals surface area contributed by atoms with Crippen LogP contribution in [0.15, 0.2) is 0 Å². The molecule has 3 N–H and O–H groups in total. The Kier molecular flexibility index (Phi) is 5.18. The highest BCUT2D eigenvalue weighted by Gasteiger charge is 2.20. The van der Waals surface area contributed by atoms with Gasteiger partial charge in [0.05, 0.1) is 19.3 Å². The van der Waals surface area contributed by atoms with Crippen LogP contribution in [0.25, 0.3) is 0 Å². The largest absolute Gasteiger partial charge is 0.396 e. The van der Waals surface area contributed by atoms with Gasteiger partial charge in [0.1, 0.15) is 0 Å². The molecule has 0 saturated heterocycles. The summed E-state index contributed by atoms with van der Waals surface area (Å²) in [5.41, 5.74) is -0.139. The van der Waals surface area contributed by atoms with Crippen molar-refractivity contribution in [1.82, 2.24) is 0 Å². The van der Waals surface area contributed by atoms with Gasteiger partial charge in [-0.25, -0.2) is 0 Å². The van der Waals surface area contributed by atoms with Crippen molar-refractivity contribution in [2.45, 2.75) is 11.8 Å². The Hall–Kier alpha value is 0.310. The van der Waals surface area contributed by atoms with Gasteiger partial charge in [-0.1, -0.05) is 0 Å². The van der Waals surface area contributed by atoms with E-state index >= 15 is 0 Å². The topological polar surface area (TPSA) is 60.7 Å². The molecule has 0 bridgehead atoms. The van der Waals surface area contributed by atoms with Crippen LogP contribution >= 0.6 is 7.92 Å². The van der Waals surface area contributed by atoms with Gasteiger partial charge in [-0.3, -0.25) is 0 Å². The lowest BCUT2D eigenvalue weighted by Crippen LogP contribution is -2.30. The fourth-order valence-electron chi connectivity index (χ4n) is 0.751. The molecule has 0 spiro atoms. The van der Waals surface area contributed by atoms with Gasteiger partial charge in [0.15, 0.2) is 0 Å². The van der Waals surface area contributed by atoms with Gasteiger partial charge >= 0.3 is 0 Å². The summed E-state index contributed by atoms with van der Waals surface area (Å²) in [7, 11) is -0.369. The summed E-state index contributed by atoms with van der Waals surface area (Å²) in [6.07, 6.45) is -0.758. The number of aliphatic hydroxyl groups excluding tert-OH is 3. The second-order valence-corrected chi connectivity index (χ2v) is 5.05. The van der Waals surface area contributed by atoms with Crippen LogP contribution in [-0.4, -0.2) is 53.6 Å². The lowest BCUT2D eigenvalue weighted by atomic mass is 10.3. The lowest BCUT2D eigenvalue weighted by Gasteiger charge is -2.22. The molecule has 10 heavy (non-hydrogen) atoms. The van der Waals surface area contributed by atoms with Gasteiger partial charge < -0.3 is 15.3 Å². The van der Waals surface area contributed by atoms with Crippen LogP contribution in [-0.2, 0) is 0 Å². The van der Waals surface area contributed by atoms with Crippen LogP contribution in [0.2, 0.25) is 0 Å². The second kappa shape index (κ2) is 5.03. The molecule has 0 fully saturated rings. The molecule has 3 nitrogen and oxygen atoms in total. The van der Waals surface area contributed by atoms with Crippen molar-refractivity contribution < 1.29 is 15.3 Å². The summed E-state index contributed by atoms with van der Waals surface area (Å²) in [5.74, 6) is 0. The van der Waals surface area contributed by atoms with E-state index in [0.717, 1.165) is 0 Å². The molecule has 0 rings (SSSR count). The molecule has 4 heteroatoms. The van der Waals surface area contributed by atoms with Crippen molar-refractivity contribution in [2.24, 2.45) is 0 Å². The Bertz CT molecular complexity index is 87.1. The average molecular weight is 166 g/mol. The molecule has 0 aliphatic heterocycles. The number of aliphatic hydroxyl groups is 3. The van der Waals surface area contributed by atoms with E-state index < -0.39 is 6.10 Å². The Morgan fingerprint density at radius 1 is 1.20 bits per heavy atom. The first-order valence-corrected chi connectivity index (χ1v) is 5.50. The molecule has 0 heterocycles. The molecule has 2 unspecified atom stereocenters. The predicted molar refractivity (Wildman–Crippen MR) is 42.7 cm³/mol. The van der Waals surface area contributed by atoms with E-state index in [-0.39, 0.29) is 26.8 Å². The number of rotatable bonds is 4. The van der Waals surface area contributed by atoms with Crippen LogP contribution in [0.3, 0.4) is 0 Å². The fourth-order valence-corrected chi connectivity index (χ4v) is 1.86. The normalized spacial score (nSPS) is 17.4. The average Bonchev–Trinajstić information content (AvgIpc) is 1.88. The maximum atomic E-state index is 9.09. The van der Waals surface area contributed by atoms with Crippen LogP contribution < -0.4 is 0 Å². The molecule has 0 radical (unpaired) electrons. The van der Waals surface area contributed by atoms with E-state index in [2.05, 4.69) is 0 Å². The lowest BCUT2D eigenvalue weighted by molar-refractivity contribution is 0.0763. The van der Waals surface area contributed by atoms with Crippen molar-refractivity contribution >= 4 is 7.92 Å². The van der Waals surface area contributed by atoms with Crippen LogP contribution in [0.4, 0.5) is 0 Å². The SMILES string of the molecule is CP(C)C(CO)C(O)CO. The van der Waals surface area contributed by atoms with Gasteiger partial charge in [-0.15, -0.1) is 7.92 Å². The third-order valence-electron chi connectivity index (χ3n) is 1.48. The van der Waals surface area contributed by atoms with E-state index in [1.807, 2.05) is 13.3 Å². The van der Waals surface area contributed by atoms with E-state index in [4.69, 9.17) is 15.3 Å². The Morgan fingerprint density at radius 3 is 1.80 bits per heavy atom. The molecular formula is C6H15O3P. The zero-order valence-corrected chi connectivity index (χ0v) is 7.25. The molecule has 0 aromatic rings. The zero-order valence-electron chi connectivity index (χ0n) is 6.36. The maximum absolute atomic E-state index is 9.09. The van der Waals surface area contributed by atoms with Gasteiger partial charge in [-0.05, 0) is 13.3 Å². The minimum Gasteiger partial charge on any atom is -0.396 e. The first kappa shape index (κ1) is 10.3. The molecule has 0 amide bonds. The van der Waals surface area contributed by atoms with Crippen LogP contribution in [0, 0.1) is 0 Å². The zero-order chi connectivity index (χ0) is 8.15. The highest BCUT2D eigenvalue weighted by Crippen LogP contribution is 2.33. The van der Waals surface area contributed by atoms with Gasteiger partial charge in [0.25, 0.3) is 0 Å². The first-order chi connectivity index (χ1) is 4.63. The van der Waals surface area contributed by atoms with E-state index in [1.165, 1.54) is 0 Å². The van der Waals surface area contributed by atoms with E-state index in [9.17, 15) is 0 Å². The van der Waals surface area contributed by atoms with Gasteiger partial charge in [0, 0.05) is 5.66 Å². The Balaban J connectivity index is 3.80. The molecule has 62 valence electrons. The molecule has 0 aromatic heterocycles. The first-order valence-electron chi connectivity index (χ1n) is 3.19. The quantitative estimate of drug-likeness (QED) is 0.491. The van der Waals surface area contributed by atoms with Gasteiger partial charge in [-0.2, -0.15) is 0 Å². The van der Waals surface area contributed by atoms with Crippen molar-refractivity contribution in [3.8, 4) is 0 Å². The second-order valence-electron chi connectivity index (χ2n) is 2.46. The maximum Gasteiger partial charge on any atom is 0.0859 e. The Morgan fingerprint density at radius 2 is 1.70 bits per heavy atom. The summed E-state index contributed by atoms with van der Waals surface area (Å²) >= 11 is 0. The third kappa shape index (κ3) is 2.93. The summed E-state index contributed by atoms with van der Waals surface area (Å²) in [6, 6.07) is 0. The fraction of sp³-hybridized carbons (Fsp3) is 1.00. The minimum atomic E-state index is -0.758. The third-order valence-corrected chi connectivity index (χ3v) is 3.32. The van der Waals surface area contributed by atoms with Crippen molar-refractivity contribution in [2.75, 3.05) is 26.5 Å². The van der Waals surface area contributed by atoms with Crippen molar-refractivity contribution in [3.05, 3.63) is 0 Å². The van der Waals surface area contributed by atoms with E-state index in [0.29, 0.717) is 0 Å². The van der Waals surface area contributed by atoms with Crippen LogP contribution in [0.1, 0.15) is 0 Å². The highest BCUT2D eigenvalue weighted by molar-refractivity contribution is 7.56. The van der Waals surface area contributed by atoms with Gasteiger partial charge in [0.2, 0.25) is 0 Å². The standard InChI is InChI=1S/C6H15O3P/c1-10(2)6(4-8)5(9)3-7/h5-9H,3-4H2,1-2H3. The molecule has 0 aliphatic rings.